The van der Waals surface area contributed by atoms with Crippen LogP contribution in [0.15, 0.2) is 12.1 Å². The van der Waals surface area contributed by atoms with Crippen molar-refractivity contribution in [3.8, 4) is 0 Å². The minimum atomic E-state index is -1.18. The van der Waals surface area contributed by atoms with Gasteiger partial charge in [0.05, 0.1) is 16.5 Å². The first kappa shape index (κ1) is 13.0. The molecule has 3 nitrogen and oxygen atoms in total. The molecular formula is C15H13F2NO2. The fourth-order valence-electron chi connectivity index (χ4n) is 3.05. The molecule has 0 saturated carbocycles. The summed E-state index contributed by atoms with van der Waals surface area (Å²) in [6.45, 7) is 2.00. The molecular weight excluding hydrogens is 264 g/mol. The van der Waals surface area contributed by atoms with Crippen molar-refractivity contribution >= 4 is 16.9 Å². The lowest BCUT2D eigenvalue weighted by molar-refractivity contribution is 0.0697. The van der Waals surface area contributed by atoms with E-state index in [1.165, 1.54) is 0 Å². The summed E-state index contributed by atoms with van der Waals surface area (Å²) in [6, 6.07) is 1.80. The molecule has 0 saturated heterocycles. The lowest BCUT2D eigenvalue weighted by Gasteiger charge is -2.12. The first-order valence-corrected chi connectivity index (χ1v) is 6.57. The van der Waals surface area contributed by atoms with Crippen LogP contribution >= 0.6 is 0 Å². The smallest absolute Gasteiger partial charge is 0.336 e. The number of nitrogens with zero attached hydrogens (tertiary/aromatic N) is 1. The largest absolute Gasteiger partial charge is 0.478 e. The van der Waals surface area contributed by atoms with Gasteiger partial charge in [0.1, 0.15) is 11.6 Å². The van der Waals surface area contributed by atoms with Gasteiger partial charge in [0.2, 0.25) is 0 Å². The Morgan fingerprint density at radius 1 is 1.45 bits per heavy atom. The first-order chi connectivity index (χ1) is 9.52. The van der Waals surface area contributed by atoms with Gasteiger partial charge in [0.25, 0.3) is 0 Å². The number of benzene rings is 1. The summed E-state index contributed by atoms with van der Waals surface area (Å²) in [4.78, 5) is 15.8. The molecule has 104 valence electrons. The van der Waals surface area contributed by atoms with Gasteiger partial charge in [-0.1, -0.05) is 6.92 Å². The maximum atomic E-state index is 14.0. The number of hydrogen-bond donors (Lipinski definition) is 1. The van der Waals surface area contributed by atoms with Crippen LogP contribution in [-0.4, -0.2) is 16.1 Å². The van der Waals surface area contributed by atoms with E-state index in [1.807, 2.05) is 6.92 Å². The van der Waals surface area contributed by atoms with Gasteiger partial charge in [-0.25, -0.2) is 13.6 Å². The Morgan fingerprint density at radius 2 is 2.20 bits per heavy atom. The predicted octanol–water partition coefficient (Wildman–Crippen LogP) is 3.65. The van der Waals surface area contributed by atoms with Crippen LogP contribution in [0.3, 0.4) is 0 Å². The Kier molecular flexibility index (Phi) is 2.92. The lowest BCUT2D eigenvalue weighted by atomic mass is 9.98. The van der Waals surface area contributed by atoms with Gasteiger partial charge in [-0.3, -0.25) is 4.98 Å². The Bertz CT molecular complexity index is 728. The average Bonchev–Trinajstić information content (AvgIpc) is 2.78. The normalized spacial score (nSPS) is 17.4. The Hall–Kier alpha value is -2.04. The third kappa shape index (κ3) is 1.77. The minimum Gasteiger partial charge on any atom is -0.478 e. The number of carboxylic acid groups (broad SMARTS) is 1. The summed E-state index contributed by atoms with van der Waals surface area (Å²) in [6.07, 6.45) is 2.22. The van der Waals surface area contributed by atoms with Crippen LogP contribution in [0.2, 0.25) is 0 Å². The van der Waals surface area contributed by atoms with E-state index in [-0.39, 0.29) is 22.4 Å². The number of hydrogen-bond acceptors (Lipinski definition) is 2. The molecule has 2 aromatic rings. The summed E-state index contributed by atoms with van der Waals surface area (Å²) in [5.74, 6) is -2.63. The molecule has 1 heterocycles. The summed E-state index contributed by atoms with van der Waals surface area (Å²) >= 11 is 0. The van der Waals surface area contributed by atoms with Gasteiger partial charge in [-0.05, 0) is 24.8 Å². The van der Waals surface area contributed by atoms with E-state index in [2.05, 4.69) is 4.98 Å². The molecule has 1 atom stereocenters. The summed E-state index contributed by atoms with van der Waals surface area (Å²) in [5.41, 5.74) is 1.31. The van der Waals surface area contributed by atoms with E-state index in [1.54, 1.807) is 0 Å². The van der Waals surface area contributed by atoms with Crippen LogP contribution in [0.1, 0.15) is 47.3 Å². The number of fused-ring (bicyclic) bond motifs is 2. The molecule has 20 heavy (non-hydrogen) atoms. The number of halogens is 2. The van der Waals surface area contributed by atoms with Crippen molar-refractivity contribution in [2.24, 2.45) is 0 Å². The average molecular weight is 277 g/mol. The van der Waals surface area contributed by atoms with Crippen LogP contribution in [-0.2, 0) is 6.42 Å². The van der Waals surface area contributed by atoms with Gasteiger partial charge in [-0.2, -0.15) is 0 Å². The fraction of sp³-hybridized carbons (Fsp3) is 0.333. The number of aromatic carboxylic acids is 1. The van der Waals surface area contributed by atoms with Crippen LogP contribution in [0.25, 0.3) is 10.9 Å². The highest BCUT2D eigenvalue weighted by Gasteiger charge is 2.30. The molecule has 0 bridgehead atoms. The van der Waals surface area contributed by atoms with E-state index >= 15 is 0 Å². The van der Waals surface area contributed by atoms with Gasteiger partial charge in [0.15, 0.2) is 0 Å². The van der Waals surface area contributed by atoms with Gasteiger partial charge in [0, 0.05) is 23.7 Å². The van der Waals surface area contributed by atoms with Gasteiger partial charge < -0.3 is 5.11 Å². The molecule has 0 radical (unpaired) electrons. The molecule has 1 aromatic heterocycles. The van der Waals surface area contributed by atoms with E-state index in [0.29, 0.717) is 23.7 Å². The van der Waals surface area contributed by atoms with Gasteiger partial charge >= 0.3 is 5.97 Å². The molecule has 1 aromatic carbocycles. The summed E-state index contributed by atoms with van der Waals surface area (Å²) in [5, 5.41) is 9.32. The summed E-state index contributed by atoms with van der Waals surface area (Å²) in [7, 11) is 0. The van der Waals surface area contributed by atoms with Crippen molar-refractivity contribution in [2.75, 3.05) is 0 Å². The fourth-order valence-corrected chi connectivity index (χ4v) is 3.05. The molecule has 1 aliphatic rings. The second-order valence-corrected chi connectivity index (χ2v) is 5.08. The zero-order valence-corrected chi connectivity index (χ0v) is 10.9. The van der Waals surface area contributed by atoms with E-state index in [9.17, 15) is 18.7 Å². The van der Waals surface area contributed by atoms with Crippen molar-refractivity contribution < 1.29 is 18.7 Å². The van der Waals surface area contributed by atoms with E-state index in [0.717, 1.165) is 18.9 Å². The molecule has 0 amide bonds. The Morgan fingerprint density at radius 3 is 2.85 bits per heavy atom. The molecule has 5 heteroatoms. The zero-order valence-electron chi connectivity index (χ0n) is 10.9. The Balaban J connectivity index is 2.44. The lowest BCUT2D eigenvalue weighted by Crippen LogP contribution is -2.08. The second kappa shape index (κ2) is 4.51. The maximum absolute atomic E-state index is 14.0. The SMILES string of the molecule is CCC1CCc2c1nc1cc(F)cc(F)c1c2C(=O)O. The standard InChI is InChI=1S/C15H13F2NO2/c1-2-7-3-4-9-12(15(19)20)13-10(17)5-8(16)6-11(13)18-14(7)9/h5-7H,2-4H2,1H3,(H,19,20). The van der Waals surface area contributed by atoms with Crippen molar-refractivity contribution in [2.45, 2.75) is 32.1 Å². The highest BCUT2D eigenvalue weighted by molar-refractivity contribution is 6.04. The monoisotopic (exact) mass is 277 g/mol. The number of carbonyl (C=O) groups is 1. The first-order valence-electron chi connectivity index (χ1n) is 6.57. The quantitative estimate of drug-likeness (QED) is 0.911. The number of rotatable bonds is 2. The molecule has 1 aliphatic carbocycles. The molecule has 3 rings (SSSR count). The molecule has 0 spiro atoms. The Labute approximate surface area is 114 Å². The number of pyridine rings is 1. The third-order valence-electron chi connectivity index (χ3n) is 3.97. The zero-order chi connectivity index (χ0) is 14.4. The van der Waals surface area contributed by atoms with Crippen molar-refractivity contribution in [3.05, 3.63) is 40.6 Å². The number of carboxylic acids is 1. The third-order valence-corrected chi connectivity index (χ3v) is 3.97. The molecule has 1 unspecified atom stereocenters. The van der Waals surface area contributed by atoms with E-state index in [4.69, 9.17) is 0 Å². The predicted molar refractivity (Wildman–Crippen MR) is 70.0 cm³/mol. The van der Waals surface area contributed by atoms with Crippen LogP contribution in [0.4, 0.5) is 8.78 Å². The summed E-state index contributed by atoms with van der Waals surface area (Å²) < 4.78 is 27.3. The van der Waals surface area contributed by atoms with Crippen LogP contribution < -0.4 is 0 Å². The minimum absolute atomic E-state index is 0.0570. The van der Waals surface area contributed by atoms with Crippen LogP contribution in [0.5, 0.6) is 0 Å². The topological polar surface area (TPSA) is 50.2 Å². The van der Waals surface area contributed by atoms with Crippen LogP contribution in [0, 0.1) is 11.6 Å². The van der Waals surface area contributed by atoms with Crippen molar-refractivity contribution in [3.63, 3.8) is 0 Å². The van der Waals surface area contributed by atoms with E-state index < -0.39 is 17.6 Å². The molecule has 1 N–H and O–H groups in total. The van der Waals surface area contributed by atoms with Gasteiger partial charge in [-0.15, -0.1) is 0 Å². The molecule has 0 aliphatic heterocycles. The second-order valence-electron chi connectivity index (χ2n) is 5.08. The highest BCUT2D eigenvalue weighted by atomic mass is 19.1. The van der Waals surface area contributed by atoms with Crippen molar-refractivity contribution in [1.29, 1.82) is 0 Å². The van der Waals surface area contributed by atoms with Crippen molar-refractivity contribution in [1.82, 2.24) is 4.98 Å². The maximum Gasteiger partial charge on any atom is 0.336 e. The number of aromatic nitrogens is 1. The highest BCUT2D eigenvalue weighted by Crippen LogP contribution is 2.39. The molecule has 0 fully saturated rings.